The third kappa shape index (κ3) is 2.71. The minimum absolute atomic E-state index is 0.0954. The van der Waals surface area contributed by atoms with Gasteiger partial charge in [-0.25, -0.2) is 4.39 Å². The number of aromatic nitrogens is 2. The number of benzene rings is 1. The molecule has 0 spiro atoms. The summed E-state index contributed by atoms with van der Waals surface area (Å²) >= 11 is 5.67. The normalized spacial score (nSPS) is 12.7. The molecule has 0 radical (unpaired) electrons. The van der Waals surface area contributed by atoms with Gasteiger partial charge < -0.3 is 5.32 Å². The molecule has 0 aliphatic rings. The fourth-order valence-corrected chi connectivity index (χ4v) is 2.10. The largest absolute Gasteiger partial charge is 0.311 e. The molecule has 3 nitrogen and oxygen atoms in total. The topological polar surface area (TPSA) is 29.9 Å². The first-order valence-electron chi connectivity index (χ1n) is 5.71. The van der Waals surface area contributed by atoms with Gasteiger partial charge in [0.2, 0.25) is 0 Å². The average molecular weight is 268 g/mol. The molecule has 2 rings (SSSR count). The molecule has 0 amide bonds. The summed E-state index contributed by atoms with van der Waals surface area (Å²) in [6, 6.07) is 6.95. The van der Waals surface area contributed by atoms with Crippen LogP contribution in [0.3, 0.4) is 0 Å². The molecular formula is C13H15ClFN3. The van der Waals surface area contributed by atoms with Gasteiger partial charge in [-0.1, -0.05) is 17.7 Å². The zero-order chi connectivity index (χ0) is 13.1. The van der Waals surface area contributed by atoms with E-state index < -0.39 is 0 Å². The van der Waals surface area contributed by atoms with Crippen LogP contribution in [-0.4, -0.2) is 16.8 Å². The van der Waals surface area contributed by atoms with E-state index in [0.29, 0.717) is 6.42 Å². The monoisotopic (exact) mass is 267 g/mol. The van der Waals surface area contributed by atoms with Gasteiger partial charge in [-0.2, -0.15) is 5.10 Å². The van der Waals surface area contributed by atoms with Crippen molar-refractivity contribution in [1.82, 2.24) is 15.1 Å². The second-order valence-corrected chi connectivity index (χ2v) is 4.58. The van der Waals surface area contributed by atoms with Gasteiger partial charge in [0.05, 0.1) is 16.8 Å². The SMILES string of the molecule is CNC(Cc1ccc(Cl)c(F)c1)c1ccnn1C. The Labute approximate surface area is 111 Å². The molecule has 0 saturated heterocycles. The van der Waals surface area contributed by atoms with Crippen molar-refractivity contribution in [3.05, 3.63) is 52.6 Å². The Morgan fingerprint density at radius 2 is 2.22 bits per heavy atom. The first kappa shape index (κ1) is 13.1. The minimum atomic E-state index is -0.381. The van der Waals surface area contributed by atoms with E-state index in [1.54, 1.807) is 12.3 Å². The molecule has 0 saturated carbocycles. The first-order valence-corrected chi connectivity index (χ1v) is 6.08. The molecule has 1 aromatic carbocycles. The Balaban J connectivity index is 2.20. The van der Waals surface area contributed by atoms with Crippen molar-refractivity contribution in [1.29, 1.82) is 0 Å². The number of rotatable bonds is 4. The summed E-state index contributed by atoms with van der Waals surface area (Å²) < 4.78 is 15.2. The summed E-state index contributed by atoms with van der Waals surface area (Å²) in [5.41, 5.74) is 1.96. The molecule has 5 heteroatoms. The second-order valence-electron chi connectivity index (χ2n) is 4.17. The number of nitrogens with zero attached hydrogens (tertiary/aromatic N) is 2. The van der Waals surface area contributed by atoms with Crippen LogP contribution in [0.4, 0.5) is 4.39 Å². The highest BCUT2D eigenvalue weighted by molar-refractivity contribution is 6.30. The summed E-state index contributed by atoms with van der Waals surface area (Å²) in [5, 5.41) is 7.50. The number of hydrogen-bond acceptors (Lipinski definition) is 2. The van der Waals surface area contributed by atoms with E-state index >= 15 is 0 Å². The molecule has 1 aromatic heterocycles. The molecule has 0 aliphatic heterocycles. The van der Waals surface area contributed by atoms with Crippen LogP contribution in [0.15, 0.2) is 30.5 Å². The molecule has 1 atom stereocenters. The Morgan fingerprint density at radius 3 is 2.78 bits per heavy atom. The maximum Gasteiger partial charge on any atom is 0.142 e. The van der Waals surface area contributed by atoms with Gasteiger partial charge in [0.1, 0.15) is 5.82 Å². The summed E-state index contributed by atoms with van der Waals surface area (Å²) in [4.78, 5) is 0. The summed E-state index contributed by atoms with van der Waals surface area (Å²) in [5.74, 6) is -0.381. The van der Waals surface area contributed by atoms with Crippen molar-refractivity contribution in [3.8, 4) is 0 Å². The Morgan fingerprint density at radius 1 is 1.44 bits per heavy atom. The predicted molar refractivity (Wildman–Crippen MR) is 70.1 cm³/mol. The summed E-state index contributed by atoms with van der Waals surface area (Å²) in [6.07, 6.45) is 2.44. The molecule has 1 heterocycles. The fraction of sp³-hybridized carbons (Fsp3) is 0.308. The number of hydrogen-bond donors (Lipinski definition) is 1. The van der Waals surface area contributed by atoms with E-state index in [0.717, 1.165) is 11.3 Å². The lowest BCUT2D eigenvalue weighted by molar-refractivity contribution is 0.535. The van der Waals surface area contributed by atoms with Crippen molar-refractivity contribution in [2.24, 2.45) is 7.05 Å². The number of aryl methyl sites for hydroxylation is 1. The molecule has 96 valence electrons. The highest BCUT2D eigenvalue weighted by atomic mass is 35.5. The Bertz CT molecular complexity index is 539. The van der Waals surface area contributed by atoms with E-state index in [4.69, 9.17) is 11.6 Å². The average Bonchev–Trinajstić information content (AvgIpc) is 2.77. The fourth-order valence-electron chi connectivity index (χ4n) is 1.98. The molecule has 0 aliphatic carbocycles. The van der Waals surface area contributed by atoms with Crippen LogP contribution in [0, 0.1) is 5.82 Å². The lowest BCUT2D eigenvalue weighted by Crippen LogP contribution is -2.21. The standard InChI is InChI=1S/C13H15ClFN3/c1-16-12(13-5-6-17-18(13)2)8-9-3-4-10(14)11(15)7-9/h3-7,12,16H,8H2,1-2H3. The van der Waals surface area contributed by atoms with Gasteiger partial charge in [0.25, 0.3) is 0 Å². The zero-order valence-corrected chi connectivity index (χ0v) is 11.1. The molecule has 1 N–H and O–H groups in total. The van der Waals surface area contributed by atoms with Gasteiger partial charge in [-0.3, -0.25) is 4.68 Å². The Kier molecular flexibility index (Phi) is 3.99. The third-order valence-electron chi connectivity index (χ3n) is 2.99. The van der Waals surface area contributed by atoms with Crippen molar-refractivity contribution in [2.45, 2.75) is 12.5 Å². The maximum absolute atomic E-state index is 13.4. The van der Waals surface area contributed by atoms with E-state index in [2.05, 4.69) is 10.4 Å². The van der Waals surface area contributed by atoms with E-state index in [1.807, 2.05) is 30.9 Å². The van der Waals surface area contributed by atoms with Crippen LogP contribution in [0.25, 0.3) is 0 Å². The smallest absolute Gasteiger partial charge is 0.142 e. The molecule has 0 bridgehead atoms. The summed E-state index contributed by atoms with van der Waals surface area (Å²) in [7, 11) is 3.77. The van der Waals surface area contributed by atoms with E-state index in [1.165, 1.54) is 6.07 Å². The lowest BCUT2D eigenvalue weighted by atomic mass is 10.0. The quantitative estimate of drug-likeness (QED) is 0.923. The van der Waals surface area contributed by atoms with Gasteiger partial charge in [0.15, 0.2) is 0 Å². The van der Waals surface area contributed by atoms with Crippen molar-refractivity contribution in [3.63, 3.8) is 0 Å². The zero-order valence-electron chi connectivity index (χ0n) is 10.3. The highest BCUT2D eigenvalue weighted by Gasteiger charge is 2.14. The van der Waals surface area contributed by atoms with Crippen LogP contribution in [-0.2, 0) is 13.5 Å². The molecular weight excluding hydrogens is 253 g/mol. The highest BCUT2D eigenvalue weighted by Crippen LogP contribution is 2.21. The van der Waals surface area contributed by atoms with Crippen LogP contribution < -0.4 is 5.32 Å². The number of likely N-dealkylation sites (N-methyl/N-ethyl adjacent to an activating group) is 1. The first-order chi connectivity index (χ1) is 8.61. The van der Waals surface area contributed by atoms with Gasteiger partial charge >= 0.3 is 0 Å². The van der Waals surface area contributed by atoms with Gasteiger partial charge in [-0.15, -0.1) is 0 Å². The third-order valence-corrected chi connectivity index (χ3v) is 3.29. The minimum Gasteiger partial charge on any atom is -0.311 e. The van der Waals surface area contributed by atoms with E-state index in [-0.39, 0.29) is 16.9 Å². The van der Waals surface area contributed by atoms with Gasteiger partial charge in [0, 0.05) is 13.2 Å². The molecule has 1 unspecified atom stereocenters. The number of halogens is 2. The van der Waals surface area contributed by atoms with Crippen LogP contribution in [0.5, 0.6) is 0 Å². The maximum atomic E-state index is 13.4. The molecule has 2 aromatic rings. The summed E-state index contributed by atoms with van der Waals surface area (Å²) in [6.45, 7) is 0. The predicted octanol–water partition coefficient (Wildman–Crippen LogP) is 2.72. The van der Waals surface area contributed by atoms with Crippen LogP contribution >= 0.6 is 11.6 Å². The van der Waals surface area contributed by atoms with E-state index in [9.17, 15) is 4.39 Å². The van der Waals surface area contributed by atoms with Crippen molar-refractivity contribution >= 4 is 11.6 Å². The van der Waals surface area contributed by atoms with Crippen LogP contribution in [0.1, 0.15) is 17.3 Å². The molecule has 18 heavy (non-hydrogen) atoms. The van der Waals surface area contributed by atoms with Crippen molar-refractivity contribution < 1.29 is 4.39 Å². The van der Waals surface area contributed by atoms with Crippen LogP contribution in [0.2, 0.25) is 5.02 Å². The Hall–Kier alpha value is -1.39. The lowest BCUT2D eigenvalue weighted by Gasteiger charge is -2.16. The van der Waals surface area contributed by atoms with Crippen molar-refractivity contribution in [2.75, 3.05) is 7.05 Å². The second kappa shape index (κ2) is 5.50. The molecule has 0 fully saturated rings. The number of nitrogens with one attached hydrogen (secondary N) is 1. The van der Waals surface area contributed by atoms with Gasteiger partial charge in [-0.05, 0) is 37.2 Å².